The molecule has 1 saturated heterocycles. The molecule has 2 heterocycles. The number of esters is 1. The van der Waals surface area contributed by atoms with Gasteiger partial charge in [0.2, 0.25) is 15.9 Å². The number of amides is 1. The summed E-state index contributed by atoms with van der Waals surface area (Å²) >= 11 is 2.54. The summed E-state index contributed by atoms with van der Waals surface area (Å²) in [7, 11) is -3.61. The van der Waals surface area contributed by atoms with Gasteiger partial charge in [-0.3, -0.25) is 4.79 Å². The van der Waals surface area contributed by atoms with Gasteiger partial charge in [-0.25, -0.2) is 18.2 Å². The van der Waals surface area contributed by atoms with E-state index in [-0.39, 0.29) is 37.2 Å². The van der Waals surface area contributed by atoms with Crippen LogP contribution in [0.2, 0.25) is 0 Å². The van der Waals surface area contributed by atoms with Gasteiger partial charge in [0.25, 0.3) is 0 Å². The number of hydrogen-bond acceptors (Lipinski definition) is 8. The highest BCUT2D eigenvalue weighted by atomic mass is 32.2. The molecule has 2 aromatic rings. The average molecular weight is 470 g/mol. The van der Waals surface area contributed by atoms with Crippen LogP contribution in [-0.2, 0) is 19.6 Å². The Morgan fingerprint density at radius 3 is 2.67 bits per heavy atom. The van der Waals surface area contributed by atoms with Gasteiger partial charge in [0, 0.05) is 29.3 Å². The standard InChI is InChI=1S/C19H23N3O5S3/c1-3-27-18(24)14-12-29-19(20-14)21-17(23)13-8-10-22(11-9-13)30(25,26)16-7-5-4-6-15(16)28-2/h4-7,12-13H,3,8-11H2,1-2H3,(H,20,21,23). The van der Waals surface area contributed by atoms with Crippen molar-refractivity contribution < 1.29 is 22.7 Å². The van der Waals surface area contributed by atoms with Crippen LogP contribution < -0.4 is 5.32 Å². The fourth-order valence-electron chi connectivity index (χ4n) is 3.17. The molecule has 0 saturated carbocycles. The van der Waals surface area contributed by atoms with E-state index in [1.807, 2.05) is 12.3 Å². The van der Waals surface area contributed by atoms with Crippen molar-refractivity contribution in [3.05, 3.63) is 35.3 Å². The fraction of sp³-hybridized carbons (Fsp3) is 0.421. The molecule has 162 valence electrons. The lowest BCUT2D eigenvalue weighted by Gasteiger charge is -2.30. The number of ether oxygens (including phenoxy) is 1. The number of nitrogens with one attached hydrogen (secondary N) is 1. The zero-order chi connectivity index (χ0) is 21.7. The van der Waals surface area contributed by atoms with Crippen LogP contribution >= 0.6 is 23.1 Å². The second kappa shape index (κ2) is 9.90. The maximum absolute atomic E-state index is 13.0. The highest BCUT2D eigenvalue weighted by Gasteiger charge is 2.33. The highest BCUT2D eigenvalue weighted by Crippen LogP contribution is 2.30. The molecule has 1 aromatic heterocycles. The number of sulfonamides is 1. The molecule has 3 rings (SSSR count). The van der Waals surface area contributed by atoms with Gasteiger partial charge in [0.15, 0.2) is 10.8 Å². The summed E-state index contributed by atoms with van der Waals surface area (Å²) in [4.78, 5) is 29.3. The Kier molecular flexibility index (Phi) is 7.50. The molecule has 0 aliphatic carbocycles. The lowest BCUT2D eigenvalue weighted by molar-refractivity contribution is -0.120. The predicted octanol–water partition coefficient (Wildman–Crippen LogP) is 3.08. The van der Waals surface area contributed by atoms with Crippen molar-refractivity contribution in [2.75, 3.05) is 31.3 Å². The fourth-order valence-corrected chi connectivity index (χ4v) is 6.44. The topological polar surface area (TPSA) is 106 Å². The molecule has 1 amide bonds. The average Bonchev–Trinajstić information content (AvgIpc) is 3.22. The minimum absolute atomic E-state index is 0.158. The number of anilines is 1. The molecule has 8 nitrogen and oxygen atoms in total. The van der Waals surface area contributed by atoms with E-state index < -0.39 is 16.0 Å². The summed E-state index contributed by atoms with van der Waals surface area (Å²) in [5.41, 5.74) is 0.158. The first kappa shape index (κ1) is 22.7. The molecule has 30 heavy (non-hydrogen) atoms. The number of rotatable bonds is 7. The molecular weight excluding hydrogens is 446 g/mol. The Labute approximate surface area is 184 Å². The SMILES string of the molecule is CCOC(=O)c1csc(NC(=O)C2CCN(S(=O)(=O)c3ccccc3SC)CC2)n1. The van der Waals surface area contributed by atoms with E-state index in [0.29, 0.717) is 27.8 Å². The lowest BCUT2D eigenvalue weighted by atomic mass is 9.97. The molecule has 1 aromatic carbocycles. The van der Waals surface area contributed by atoms with Gasteiger partial charge in [-0.1, -0.05) is 12.1 Å². The molecule has 0 spiro atoms. The second-order valence-electron chi connectivity index (χ2n) is 6.58. The van der Waals surface area contributed by atoms with E-state index in [9.17, 15) is 18.0 Å². The maximum atomic E-state index is 13.0. The van der Waals surface area contributed by atoms with Crippen LogP contribution in [0.4, 0.5) is 5.13 Å². The molecule has 1 aliphatic heterocycles. The normalized spacial score (nSPS) is 15.7. The molecule has 0 atom stereocenters. The van der Waals surface area contributed by atoms with E-state index in [4.69, 9.17) is 4.74 Å². The Morgan fingerprint density at radius 1 is 1.30 bits per heavy atom. The van der Waals surface area contributed by atoms with Crippen molar-refractivity contribution >= 4 is 50.1 Å². The number of piperidine rings is 1. The Morgan fingerprint density at radius 2 is 2.00 bits per heavy atom. The van der Waals surface area contributed by atoms with Gasteiger partial charge in [-0.05, 0) is 38.2 Å². The zero-order valence-corrected chi connectivity index (χ0v) is 19.1. The van der Waals surface area contributed by atoms with E-state index in [1.54, 1.807) is 25.1 Å². The number of carbonyl (C=O) groups excluding carboxylic acids is 2. The van der Waals surface area contributed by atoms with Crippen LogP contribution in [0.5, 0.6) is 0 Å². The highest BCUT2D eigenvalue weighted by molar-refractivity contribution is 7.99. The molecule has 1 aliphatic rings. The van der Waals surface area contributed by atoms with E-state index in [2.05, 4.69) is 10.3 Å². The summed E-state index contributed by atoms with van der Waals surface area (Å²) in [5.74, 6) is -1.07. The van der Waals surface area contributed by atoms with Crippen molar-refractivity contribution in [2.45, 2.75) is 29.6 Å². The first-order valence-corrected chi connectivity index (χ1v) is 13.0. The minimum Gasteiger partial charge on any atom is -0.461 e. The minimum atomic E-state index is -3.61. The van der Waals surface area contributed by atoms with Gasteiger partial charge in [0.1, 0.15) is 0 Å². The summed E-state index contributed by atoms with van der Waals surface area (Å²) in [6.07, 6.45) is 2.68. The van der Waals surface area contributed by atoms with Crippen LogP contribution in [0.25, 0.3) is 0 Å². The number of thiazole rings is 1. The first-order chi connectivity index (χ1) is 14.4. The van der Waals surface area contributed by atoms with Crippen LogP contribution in [0.3, 0.4) is 0 Å². The number of nitrogens with zero attached hydrogens (tertiary/aromatic N) is 2. The number of benzene rings is 1. The van der Waals surface area contributed by atoms with Gasteiger partial charge in [-0.2, -0.15) is 4.31 Å². The van der Waals surface area contributed by atoms with Crippen LogP contribution in [0.1, 0.15) is 30.3 Å². The third-order valence-corrected chi connectivity index (χ3v) is 8.37. The van der Waals surface area contributed by atoms with E-state index >= 15 is 0 Å². The van der Waals surface area contributed by atoms with E-state index in [0.717, 1.165) is 11.3 Å². The van der Waals surface area contributed by atoms with Crippen LogP contribution in [-0.4, -0.2) is 55.5 Å². The van der Waals surface area contributed by atoms with Crippen molar-refractivity contribution in [1.29, 1.82) is 0 Å². The molecule has 1 fully saturated rings. The van der Waals surface area contributed by atoms with Crippen LogP contribution in [0.15, 0.2) is 39.4 Å². The molecule has 0 unspecified atom stereocenters. The Hall–Kier alpha value is -1.95. The van der Waals surface area contributed by atoms with Gasteiger partial charge < -0.3 is 10.1 Å². The summed E-state index contributed by atoms with van der Waals surface area (Å²) in [5, 5.41) is 4.58. The van der Waals surface area contributed by atoms with Crippen LogP contribution in [0, 0.1) is 5.92 Å². The largest absolute Gasteiger partial charge is 0.461 e. The van der Waals surface area contributed by atoms with Gasteiger partial charge in [0.05, 0.1) is 11.5 Å². The molecule has 0 radical (unpaired) electrons. The Balaban J connectivity index is 1.60. The molecule has 1 N–H and O–H groups in total. The van der Waals surface area contributed by atoms with Gasteiger partial charge >= 0.3 is 5.97 Å². The lowest BCUT2D eigenvalue weighted by Crippen LogP contribution is -2.41. The third-order valence-electron chi connectivity index (χ3n) is 4.73. The number of hydrogen-bond donors (Lipinski definition) is 1. The second-order valence-corrected chi connectivity index (χ2v) is 10.2. The summed E-state index contributed by atoms with van der Waals surface area (Å²) in [6.45, 7) is 2.50. The number of carbonyl (C=O) groups is 2. The monoisotopic (exact) mass is 469 g/mol. The third kappa shape index (κ3) is 5.02. The molecule has 0 bridgehead atoms. The number of thioether (sulfide) groups is 1. The molecule has 11 heteroatoms. The smallest absolute Gasteiger partial charge is 0.357 e. The van der Waals surface area contributed by atoms with E-state index in [1.165, 1.54) is 21.4 Å². The van der Waals surface area contributed by atoms with Crippen molar-refractivity contribution in [3.8, 4) is 0 Å². The summed E-state index contributed by atoms with van der Waals surface area (Å²) in [6, 6.07) is 6.93. The van der Waals surface area contributed by atoms with Gasteiger partial charge in [-0.15, -0.1) is 23.1 Å². The molecular formula is C19H23N3O5S3. The van der Waals surface area contributed by atoms with Crippen molar-refractivity contribution in [2.24, 2.45) is 5.92 Å². The quantitative estimate of drug-likeness (QED) is 0.491. The number of aromatic nitrogens is 1. The van der Waals surface area contributed by atoms with Crippen molar-refractivity contribution in [1.82, 2.24) is 9.29 Å². The predicted molar refractivity (Wildman–Crippen MR) is 116 cm³/mol. The summed E-state index contributed by atoms with van der Waals surface area (Å²) < 4.78 is 32.4. The first-order valence-electron chi connectivity index (χ1n) is 9.43. The van der Waals surface area contributed by atoms with Crippen molar-refractivity contribution in [3.63, 3.8) is 0 Å². The maximum Gasteiger partial charge on any atom is 0.357 e. The Bertz CT molecular complexity index is 1010. The zero-order valence-electron chi connectivity index (χ0n) is 16.7.